The Hall–Kier alpha value is -1.06. The summed E-state index contributed by atoms with van der Waals surface area (Å²) in [6, 6.07) is 0. The van der Waals surface area contributed by atoms with Gasteiger partial charge in [0.25, 0.3) is 5.85 Å². The van der Waals surface area contributed by atoms with E-state index >= 15 is 0 Å². The van der Waals surface area contributed by atoms with Crippen molar-refractivity contribution in [2.45, 2.75) is 55.0 Å². The Morgan fingerprint density at radius 2 is 1.00 bits per heavy atom. The van der Waals surface area contributed by atoms with E-state index in [0.717, 1.165) is 0 Å². The van der Waals surface area contributed by atoms with Crippen molar-refractivity contribution in [2.75, 3.05) is 0 Å². The molecule has 2 nitrogen and oxygen atoms in total. The first-order valence-electron chi connectivity index (χ1n) is 5.67. The van der Waals surface area contributed by atoms with Crippen LogP contribution in [0.3, 0.4) is 0 Å². The summed E-state index contributed by atoms with van der Waals surface area (Å²) in [6.45, 7) is 0. The van der Waals surface area contributed by atoms with Gasteiger partial charge >= 0.3 is 36.3 Å². The fourth-order valence-electron chi connectivity index (χ4n) is 1.67. The van der Waals surface area contributed by atoms with Gasteiger partial charge in [-0.1, -0.05) is 0 Å². The standard InChI is InChI=1S/C9H4F14O2/c10-3(1-2-4(11,12)13)5(14,7(16,17)18)25-9(22,23)6(15,24-3)8(19,20)21/h1-2H2. The minimum Gasteiger partial charge on any atom is -0.289 e. The van der Waals surface area contributed by atoms with Crippen molar-refractivity contribution in [3.05, 3.63) is 0 Å². The van der Waals surface area contributed by atoms with E-state index in [9.17, 15) is 61.5 Å². The molecule has 0 radical (unpaired) electrons. The van der Waals surface area contributed by atoms with Crippen LogP contribution in [0.2, 0.25) is 0 Å². The van der Waals surface area contributed by atoms with Gasteiger partial charge < -0.3 is 0 Å². The van der Waals surface area contributed by atoms with Gasteiger partial charge in [-0.25, -0.2) is 4.39 Å². The van der Waals surface area contributed by atoms with E-state index in [1.165, 1.54) is 0 Å². The van der Waals surface area contributed by atoms with Crippen molar-refractivity contribution in [2.24, 2.45) is 0 Å². The Morgan fingerprint density at radius 1 is 0.600 bits per heavy atom. The molecule has 0 aromatic heterocycles. The van der Waals surface area contributed by atoms with Gasteiger partial charge in [0.05, 0.1) is 0 Å². The minimum absolute atomic E-state index is 2.06. The highest BCUT2D eigenvalue weighted by molar-refractivity contribution is 5.04. The van der Waals surface area contributed by atoms with Crippen LogP contribution in [0.4, 0.5) is 61.5 Å². The van der Waals surface area contributed by atoms with Gasteiger partial charge in [0, 0.05) is 12.8 Å². The molecular formula is C9H4F14O2. The normalized spacial score (nSPS) is 37.2. The SMILES string of the molecule is FC(F)(F)CCC1(F)OC(F)(C(F)(F)F)C(F)(F)OC1(F)C(F)(F)F. The van der Waals surface area contributed by atoms with Crippen LogP contribution in [0.15, 0.2) is 0 Å². The molecule has 1 fully saturated rings. The van der Waals surface area contributed by atoms with Crippen LogP contribution >= 0.6 is 0 Å². The molecule has 0 aromatic rings. The Labute approximate surface area is 127 Å². The molecule has 0 spiro atoms. The fraction of sp³-hybridized carbons (Fsp3) is 1.00. The third-order valence-electron chi connectivity index (χ3n) is 2.89. The molecule has 3 unspecified atom stereocenters. The molecule has 0 bridgehead atoms. The summed E-state index contributed by atoms with van der Waals surface area (Å²) < 4.78 is 182. The molecule has 0 aliphatic carbocycles. The summed E-state index contributed by atoms with van der Waals surface area (Å²) in [5.74, 6) is -19.2. The minimum atomic E-state index is -7.00. The highest BCUT2D eigenvalue weighted by Crippen LogP contribution is 2.62. The zero-order valence-electron chi connectivity index (χ0n) is 11.0. The maximum absolute atomic E-state index is 14.0. The first-order chi connectivity index (χ1) is 10.6. The van der Waals surface area contributed by atoms with Crippen LogP contribution in [0.5, 0.6) is 0 Å². The van der Waals surface area contributed by atoms with E-state index < -0.39 is 55.0 Å². The van der Waals surface area contributed by atoms with Gasteiger partial charge in [-0.15, -0.1) is 0 Å². The predicted octanol–water partition coefficient (Wildman–Crippen LogP) is 5.09. The second-order valence-electron chi connectivity index (χ2n) is 4.75. The lowest BCUT2D eigenvalue weighted by Crippen LogP contribution is -2.76. The van der Waals surface area contributed by atoms with Gasteiger partial charge in [0.15, 0.2) is 0 Å². The number of halogens is 14. The van der Waals surface area contributed by atoms with Crippen LogP contribution in [0.1, 0.15) is 12.8 Å². The van der Waals surface area contributed by atoms with Crippen molar-refractivity contribution in [3.8, 4) is 0 Å². The average molecular weight is 410 g/mol. The van der Waals surface area contributed by atoms with E-state index in [0.29, 0.717) is 0 Å². The number of alkyl halides is 14. The summed E-state index contributed by atoms with van der Waals surface area (Å²) in [6.07, 6.45) is -32.1. The maximum atomic E-state index is 14.0. The van der Waals surface area contributed by atoms with E-state index in [1.807, 2.05) is 0 Å². The molecule has 16 heteroatoms. The first-order valence-corrected chi connectivity index (χ1v) is 5.67. The first kappa shape index (κ1) is 22.0. The second kappa shape index (κ2) is 5.47. The molecular weight excluding hydrogens is 406 g/mol. The van der Waals surface area contributed by atoms with Crippen molar-refractivity contribution in [1.29, 1.82) is 0 Å². The quantitative estimate of drug-likeness (QED) is 0.591. The number of hydrogen-bond acceptors (Lipinski definition) is 2. The molecule has 1 heterocycles. The number of hydrogen-bond donors (Lipinski definition) is 0. The zero-order valence-corrected chi connectivity index (χ0v) is 11.0. The summed E-state index contributed by atoms with van der Waals surface area (Å²) in [5.41, 5.74) is 0. The number of rotatable bonds is 2. The van der Waals surface area contributed by atoms with Gasteiger partial charge in [0.1, 0.15) is 0 Å². The van der Waals surface area contributed by atoms with E-state index in [-0.39, 0.29) is 0 Å². The topological polar surface area (TPSA) is 18.5 Å². The smallest absolute Gasteiger partial charge is 0.289 e. The Kier molecular flexibility index (Phi) is 4.81. The Morgan fingerprint density at radius 3 is 1.32 bits per heavy atom. The Balaban J connectivity index is 3.51. The average Bonchev–Trinajstić information content (AvgIpc) is 2.30. The molecule has 0 amide bonds. The van der Waals surface area contributed by atoms with Gasteiger partial charge in [0.2, 0.25) is 0 Å². The Bertz CT molecular complexity index is 508. The van der Waals surface area contributed by atoms with E-state index in [1.54, 1.807) is 0 Å². The molecule has 1 saturated heterocycles. The lowest BCUT2D eigenvalue weighted by molar-refractivity contribution is -0.600. The van der Waals surface area contributed by atoms with Crippen molar-refractivity contribution in [3.63, 3.8) is 0 Å². The van der Waals surface area contributed by atoms with Crippen LogP contribution in [-0.4, -0.2) is 42.2 Å². The molecule has 1 aliphatic rings. The molecule has 3 atom stereocenters. The van der Waals surface area contributed by atoms with Gasteiger partial charge in [-0.3, -0.25) is 9.47 Å². The molecule has 0 N–H and O–H groups in total. The van der Waals surface area contributed by atoms with Crippen LogP contribution in [0, 0.1) is 0 Å². The van der Waals surface area contributed by atoms with Crippen LogP contribution < -0.4 is 0 Å². The highest BCUT2D eigenvalue weighted by Gasteiger charge is 2.89. The molecule has 1 rings (SSSR count). The van der Waals surface area contributed by atoms with E-state index in [4.69, 9.17) is 0 Å². The summed E-state index contributed by atoms with van der Waals surface area (Å²) in [7, 11) is 0. The number of ether oxygens (including phenoxy) is 2. The van der Waals surface area contributed by atoms with Gasteiger partial charge in [-0.2, -0.15) is 57.1 Å². The van der Waals surface area contributed by atoms with Crippen LogP contribution in [-0.2, 0) is 9.47 Å². The summed E-state index contributed by atoms with van der Waals surface area (Å²) in [4.78, 5) is 0. The monoisotopic (exact) mass is 410 g/mol. The summed E-state index contributed by atoms with van der Waals surface area (Å²) in [5, 5.41) is 0. The summed E-state index contributed by atoms with van der Waals surface area (Å²) >= 11 is 0. The molecule has 150 valence electrons. The molecule has 25 heavy (non-hydrogen) atoms. The molecule has 1 aliphatic heterocycles. The largest absolute Gasteiger partial charge is 0.458 e. The lowest BCUT2D eigenvalue weighted by atomic mass is 9.99. The zero-order chi connectivity index (χ0) is 20.3. The second-order valence-corrected chi connectivity index (χ2v) is 4.75. The van der Waals surface area contributed by atoms with Gasteiger partial charge in [-0.05, 0) is 0 Å². The third-order valence-corrected chi connectivity index (χ3v) is 2.89. The lowest BCUT2D eigenvalue weighted by Gasteiger charge is -2.50. The molecule has 0 aromatic carbocycles. The fourth-order valence-corrected chi connectivity index (χ4v) is 1.67. The molecule has 0 saturated carbocycles. The van der Waals surface area contributed by atoms with Crippen LogP contribution in [0.25, 0.3) is 0 Å². The van der Waals surface area contributed by atoms with Crippen molar-refractivity contribution >= 4 is 0 Å². The van der Waals surface area contributed by atoms with Crippen molar-refractivity contribution in [1.82, 2.24) is 0 Å². The maximum Gasteiger partial charge on any atom is 0.458 e. The predicted molar refractivity (Wildman–Crippen MR) is 46.0 cm³/mol. The van der Waals surface area contributed by atoms with E-state index in [2.05, 4.69) is 9.47 Å². The third kappa shape index (κ3) is 3.46. The highest BCUT2D eigenvalue weighted by atomic mass is 19.4. The van der Waals surface area contributed by atoms with Crippen molar-refractivity contribution < 1.29 is 70.9 Å².